The van der Waals surface area contributed by atoms with E-state index in [1.54, 1.807) is 12.1 Å². The van der Waals surface area contributed by atoms with Gasteiger partial charge < -0.3 is 9.47 Å². The van der Waals surface area contributed by atoms with Gasteiger partial charge in [0.2, 0.25) is 0 Å². The molecule has 0 amide bonds. The number of aryl methyl sites for hydroxylation is 2. The molecule has 5 aromatic carbocycles. The van der Waals surface area contributed by atoms with Crippen LogP contribution in [0.4, 0.5) is 0 Å². The average Bonchev–Trinajstić information content (AvgIpc) is 3.01. The van der Waals surface area contributed by atoms with Crippen LogP contribution in [0.3, 0.4) is 0 Å². The average molecular weight is 640 g/mol. The van der Waals surface area contributed by atoms with Crippen molar-refractivity contribution in [3.8, 4) is 5.75 Å². The molecule has 5 rings (SSSR count). The summed E-state index contributed by atoms with van der Waals surface area (Å²) < 4.78 is 13.1. The van der Waals surface area contributed by atoms with E-state index in [-0.39, 0.29) is 12.6 Å². The number of halogens is 2. The van der Waals surface area contributed by atoms with Gasteiger partial charge in [-0.2, -0.15) is 0 Å². The lowest BCUT2D eigenvalue weighted by Crippen LogP contribution is -2.09. The summed E-state index contributed by atoms with van der Waals surface area (Å²) in [6.07, 6.45) is 3.66. The Hall–Kier alpha value is -3.86. The Morgan fingerprint density at radius 2 is 1.55 bits per heavy atom. The van der Waals surface area contributed by atoms with Crippen LogP contribution < -0.4 is 4.74 Å². The third-order valence-electron chi connectivity index (χ3n) is 7.16. The maximum Gasteiger partial charge on any atom is 0.339 e. The van der Waals surface area contributed by atoms with Crippen molar-refractivity contribution in [1.29, 1.82) is 0 Å². The molecule has 0 aliphatic heterocycles. The van der Waals surface area contributed by atoms with Gasteiger partial charge in [0.05, 0.1) is 12.2 Å². The van der Waals surface area contributed by atoms with Crippen LogP contribution in [0, 0.1) is 13.8 Å². The molecular weight excluding hydrogens is 608 g/mol. The fourth-order valence-electron chi connectivity index (χ4n) is 5.06. The molecular formula is C37H32BrClO3. The molecule has 212 valence electrons. The smallest absolute Gasteiger partial charge is 0.339 e. The van der Waals surface area contributed by atoms with E-state index in [0.29, 0.717) is 17.2 Å². The maximum absolute atomic E-state index is 13.6. The standard InChI is InChI=1S/C37H32BrClO3/c1-25-21-32(22-26(2)36(25)38)41-20-8-12-30(23-27-9-4-3-5-10-27)35-33-13-7-6-11-29(33)16-19-34(35)37(40)42-24-28-14-17-31(39)18-15-28/h3-7,9-11,13-19,21-23H,8,12,20,24H2,1-2H3/b30-23-. The van der Waals surface area contributed by atoms with E-state index >= 15 is 0 Å². The zero-order valence-corrected chi connectivity index (χ0v) is 26.0. The first kappa shape index (κ1) is 29.6. The predicted octanol–water partition coefficient (Wildman–Crippen LogP) is 10.6. The van der Waals surface area contributed by atoms with E-state index in [2.05, 4.69) is 72.3 Å². The number of carbonyl (C=O) groups is 1. The second-order valence-corrected chi connectivity index (χ2v) is 11.5. The Bertz CT molecular complexity index is 1700. The van der Waals surface area contributed by atoms with Crippen molar-refractivity contribution in [1.82, 2.24) is 0 Å². The Labute approximate surface area is 260 Å². The van der Waals surface area contributed by atoms with E-state index in [4.69, 9.17) is 21.1 Å². The van der Waals surface area contributed by atoms with Crippen LogP contribution >= 0.6 is 27.5 Å². The van der Waals surface area contributed by atoms with Crippen LogP contribution in [0.15, 0.2) is 108 Å². The number of carbonyl (C=O) groups excluding carboxylic acids is 1. The predicted molar refractivity (Wildman–Crippen MR) is 177 cm³/mol. The van der Waals surface area contributed by atoms with Crippen LogP contribution in [0.1, 0.15) is 51.0 Å². The highest BCUT2D eigenvalue weighted by Gasteiger charge is 2.19. The van der Waals surface area contributed by atoms with Crippen LogP contribution in [0.25, 0.3) is 22.4 Å². The quantitative estimate of drug-likeness (QED) is 0.0866. The second-order valence-electron chi connectivity index (χ2n) is 10.3. The fourth-order valence-corrected chi connectivity index (χ4v) is 5.41. The Morgan fingerprint density at radius 1 is 0.857 bits per heavy atom. The first-order chi connectivity index (χ1) is 20.4. The lowest BCUT2D eigenvalue weighted by molar-refractivity contribution is 0.0472. The van der Waals surface area contributed by atoms with Gasteiger partial charge in [-0.05, 0) is 101 Å². The summed E-state index contributed by atoms with van der Waals surface area (Å²) in [5, 5.41) is 2.73. The molecule has 0 aliphatic carbocycles. The molecule has 0 radical (unpaired) electrons. The van der Waals surface area contributed by atoms with Crippen LogP contribution in [-0.4, -0.2) is 12.6 Å². The molecule has 0 unspecified atom stereocenters. The van der Waals surface area contributed by atoms with Gasteiger partial charge in [0.25, 0.3) is 0 Å². The molecule has 0 aromatic heterocycles. The molecule has 42 heavy (non-hydrogen) atoms. The SMILES string of the molecule is Cc1cc(OCCC/C(=C/c2ccccc2)c2c(C(=O)OCc3ccc(Cl)cc3)ccc3ccccc23)cc(C)c1Br. The number of benzene rings is 5. The lowest BCUT2D eigenvalue weighted by atomic mass is 9.89. The molecule has 0 saturated carbocycles. The van der Waals surface area contributed by atoms with Crippen molar-refractivity contribution in [2.75, 3.05) is 6.61 Å². The van der Waals surface area contributed by atoms with Crippen molar-refractivity contribution in [2.45, 2.75) is 33.3 Å². The number of ether oxygens (including phenoxy) is 2. The van der Waals surface area contributed by atoms with Gasteiger partial charge in [-0.1, -0.05) is 106 Å². The summed E-state index contributed by atoms with van der Waals surface area (Å²) in [5.41, 5.74) is 6.74. The number of hydrogen-bond acceptors (Lipinski definition) is 3. The highest BCUT2D eigenvalue weighted by Crippen LogP contribution is 2.34. The molecule has 5 heteroatoms. The van der Waals surface area contributed by atoms with Gasteiger partial charge in [0.1, 0.15) is 12.4 Å². The van der Waals surface area contributed by atoms with Gasteiger partial charge >= 0.3 is 5.97 Å². The summed E-state index contributed by atoms with van der Waals surface area (Å²) in [7, 11) is 0. The van der Waals surface area contributed by atoms with Crippen molar-refractivity contribution in [2.24, 2.45) is 0 Å². The van der Waals surface area contributed by atoms with E-state index in [9.17, 15) is 4.79 Å². The van der Waals surface area contributed by atoms with E-state index in [1.165, 1.54) is 0 Å². The third-order valence-corrected chi connectivity index (χ3v) is 8.67. The molecule has 0 bridgehead atoms. The molecule has 0 atom stereocenters. The number of esters is 1. The van der Waals surface area contributed by atoms with Crippen molar-refractivity contribution in [3.63, 3.8) is 0 Å². The molecule has 0 aliphatic rings. The lowest BCUT2D eigenvalue weighted by Gasteiger charge is -2.17. The normalized spacial score (nSPS) is 11.5. The number of fused-ring (bicyclic) bond motifs is 1. The third kappa shape index (κ3) is 7.31. The summed E-state index contributed by atoms with van der Waals surface area (Å²) in [6, 6.07) is 33.7. The summed E-state index contributed by atoms with van der Waals surface area (Å²) >= 11 is 9.66. The van der Waals surface area contributed by atoms with E-state index < -0.39 is 0 Å². The summed E-state index contributed by atoms with van der Waals surface area (Å²) in [4.78, 5) is 13.6. The van der Waals surface area contributed by atoms with Crippen LogP contribution in [-0.2, 0) is 11.3 Å². The first-order valence-electron chi connectivity index (χ1n) is 14.0. The zero-order chi connectivity index (χ0) is 29.5. The molecule has 0 saturated heterocycles. The minimum Gasteiger partial charge on any atom is -0.494 e. The molecule has 0 N–H and O–H groups in total. The topological polar surface area (TPSA) is 35.5 Å². The highest BCUT2D eigenvalue weighted by atomic mass is 79.9. The number of rotatable bonds is 10. The summed E-state index contributed by atoms with van der Waals surface area (Å²) in [6.45, 7) is 4.85. The van der Waals surface area contributed by atoms with Crippen LogP contribution in [0.5, 0.6) is 5.75 Å². The first-order valence-corrected chi connectivity index (χ1v) is 15.1. The van der Waals surface area contributed by atoms with E-state index in [1.807, 2.05) is 54.6 Å². The van der Waals surface area contributed by atoms with Crippen molar-refractivity contribution < 1.29 is 14.3 Å². The van der Waals surface area contributed by atoms with Crippen molar-refractivity contribution >= 4 is 55.9 Å². The Balaban J connectivity index is 1.46. The number of allylic oxidation sites excluding steroid dienone is 1. The monoisotopic (exact) mass is 638 g/mol. The Kier molecular flexibility index (Phi) is 9.78. The van der Waals surface area contributed by atoms with Gasteiger partial charge in [0, 0.05) is 9.50 Å². The zero-order valence-electron chi connectivity index (χ0n) is 23.7. The fraction of sp³-hybridized carbons (Fsp3) is 0.162. The Morgan fingerprint density at radius 3 is 2.29 bits per heavy atom. The number of hydrogen-bond donors (Lipinski definition) is 0. The molecule has 3 nitrogen and oxygen atoms in total. The summed E-state index contributed by atoms with van der Waals surface area (Å²) in [5.74, 6) is 0.500. The van der Waals surface area contributed by atoms with E-state index in [0.717, 1.165) is 67.2 Å². The maximum atomic E-state index is 13.6. The second kappa shape index (κ2) is 13.9. The highest BCUT2D eigenvalue weighted by molar-refractivity contribution is 9.10. The van der Waals surface area contributed by atoms with Crippen molar-refractivity contribution in [3.05, 3.63) is 146 Å². The molecule has 5 aromatic rings. The largest absolute Gasteiger partial charge is 0.494 e. The molecule has 0 heterocycles. The van der Waals surface area contributed by atoms with Gasteiger partial charge in [-0.3, -0.25) is 0 Å². The minimum absolute atomic E-state index is 0.167. The van der Waals surface area contributed by atoms with Gasteiger partial charge in [-0.15, -0.1) is 0 Å². The van der Waals surface area contributed by atoms with Crippen LogP contribution in [0.2, 0.25) is 5.02 Å². The van der Waals surface area contributed by atoms with Gasteiger partial charge in [0.15, 0.2) is 0 Å². The molecule has 0 spiro atoms. The van der Waals surface area contributed by atoms with Gasteiger partial charge in [-0.25, -0.2) is 4.79 Å². The molecule has 0 fully saturated rings. The minimum atomic E-state index is -0.360.